The van der Waals surface area contributed by atoms with Gasteiger partial charge in [0.05, 0.1) is 11.4 Å². The lowest BCUT2D eigenvalue weighted by Gasteiger charge is -2.21. The average Bonchev–Trinajstić information content (AvgIpc) is 2.79. The van der Waals surface area contributed by atoms with Crippen LogP contribution in [0.2, 0.25) is 0 Å². The van der Waals surface area contributed by atoms with E-state index in [1.54, 1.807) is 4.31 Å². The van der Waals surface area contributed by atoms with Crippen LogP contribution < -0.4 is 0 Å². The molecule has 6 nitrogen and oxygen atoms in total. The standard InChI is InChI=1S/C18H25N3O3S/c1-15-18(16(2)24-19-15)13-20-9-6-10-21(12-11-20)25(22,23)14-17-7-4-3-5-8-17/h3-5,7-8H,6,9-14H2,1-2H3. The van der Waals surface area contributed by atoms with Crippen LogP contribution in [0.15, 0.2) is 34.9 Å². The number of nitrogens with zero attached hydrogens (tertiary/aromatic N) is 3. The van der Waals surface area contributed by atoms with Crippen LogP contribution >= 0.6 is 0 Å². The zero-order valence-corrected chi connectivity index (χ0v) is 15.6. The molecule has 0 aliphatic carbocycles. The first-order valence-electron chi connectivity index (χ1n) is 8.61. The van der Waals surface area contributed by atoms with E-state index in [1.165, 1.54) is 0 Å². The molecule has 1 fully saturated rings. The van der Waals surface area contributed by atoms with E-state index in [0.717, 1.165) is 48.6 Å². The number of hydrogen-bond acceptors (Lipinski definition) is 5. The van der Waals surface area contributed by atoms with Gasteiger partial charge in [-0.05, 0) is 32.4 Å². The Kier molecular flexibility index (Phi) is 5.56. The molecule has 1 aromatic carbocycles. The van der Waals surface area contributed by atoms with Crippen molar-refractivity contribution in [1.29, 1.82) is 0 Å². The van der Waals surface area contributed by atoms with E-state index in [9.17, 15) is 8.42 Å². The van der Waals surface area contributed by atoms with Gasteiger partial charge in [-0.15, -0.1) is 0 Å². The molecule has 2 heterocycles. The molecule has 1 aliphatic rings. The quantitative estimate of drug-likeness (QED) is 0.816. The molecule has 136 valence electrons. The fourth-order valence-corrected chi connectivity index (χ4v) is 4.77. The van der Waals surface area contributed by atoms with E-state index in [2.05, 4.69) is 10.1 Å². The van der Waals surface area contributed by atoms with Crippen molar-refractivity contribution in [2.24, 2.45) is 0 Å². The first-order chi connectivity index (χ1) is 12.0. The van der Waals surface area contributed by atoms with Gasteiger partial charge in [0.2, 0.25) is 10.0 Å². The Labute approximate surface area is 149 Å². The molecule has 1 saturated heterocycles. The first kappa shape index (κ1) is 18.1. The molecule has 3 rings (SSSR count). The molecule has 25 heavy (non-hydrogen) atoms. The molecule has 1 aliphatic heterocycles. The van der Waals surface area contributed by atoms with Gasteiger partial charge in [-0.25, -0.2) is 12.7 Å². The summed E-state index contributed by atoms with van der Waals surface area (Å²) in [6, 6.07) is 9.37. The Morgan fingerprint density at radius 2 is 1.84 bits per heavy atom. The SMILES string of the molecule is Cc1noc(C)c1CN1CCCN(S(=O)(=O)Cc2ccccc2)CC1. The van der Waals surface area contributed by atoms with Crippen LogP contribution in [0.1, 0.15) is 29.0 Å². The van der Waals surface area contributed by atoms with Gasteiger partial charge in [-0.1, -0.05) is 35.5 Å². The summed E-state index contributed by atoms with van der Waals surface area (Å²) in [6.45, 7) is 7.32. The fraction of sp³-hybridized carbons (Fsp3) is 0.500. The highest BCUT2D eigenvalue weighted by molar-refractivity contribution is 7.88. The van der Waals surface area contributed by atoms with Crippen molar-refractivity contribution in [1.82, 2.24) is 14.4 Å². The van der Waals surface area contributed by atoms with Gasteiger partial charge in [0.1, 0.15) is 5.76 Å². The number of rotatable bonds is 5. The summed E-state index contributed by atoms with van der Waals surface area (Å²) in [6.07, 6.45) is 0.831. The third-order valence-corrected chi connectivity index (χ3v) is 6.55. The number of benzene rings is 1. The zero-order valence-electron chi connectivity index (χ0n) is 14.8. The topological polar surface area (TPSA) is 66.7 Å². The minimum atomic E-state index is -3.29. The predicted octanol–water partition coefficient (Wildman–Crippen LogP) is 2.33. The lowest BCUT2D eigenvalue weighted by atomic mass is 10.2. The maximum Gasteiger partial charge on any atom is 0.218 e. The number of sulfonamides is 1. The van der Waals surface area contributed by atoms with Gasteiger partial charge in [0, 0.05) is 31.7 Å². The van der Waals surface area contributed by atoms with Crippen LogP contribution in [0.4, 0.5) is 0 Å². The highest BCUT2D eigenvalue weighted by Gasteiger charge is 2.26. The second-order valence-corrected chi connectivity index (χ2v) is 8.54. The smallest absolute Gasteiger partial charge is 0.218 e. The Hall–Kier alpha value is -1.70. The van der Waals surface area contributed by atoms with E-state index in [0.29, 0.717) is 13.1 Å². The van der Waals surface area contributed by atoms with Gasteiger partial charge in [-0.2, -0.15) is 0 Å². The van der Waals surface area contributed by atoms with Crippen LogP contribution in [-0.2, 0) is 22.3 Å². The third-order valence-electron chi connectivity index (χ3n) is 4.70. The Morgan fingerprint density at radius 3 is 2.52 bits per heavy atom. The summed E-state index contributed by atoms with van der Waals surface area (Å²) >= 11 is 0. The number of aryl methyl sites for hydroxylation is 2. The van der Waals surface area contributed by atoms with Gasteiger partial charge >= 0.3 is 0 Å². The molecule has 0 saturated carbocycles. The van der Waals surface area contributed by atoms with Gasteiger partial charge < -0.3 is 4.52 Å². The molecular formula is C18H25N3O3S. The highest BCUT2D eigenvalue weighted by Crippen LogP contribution is 2.18. The number of hydrogen-bond donors (Lipinski definition) is 0. The van der Waals surface area contributed by atoms with Crippen molar-refractivity contribution < 1.29 is 12.9 Å². The molecular weight excluding hydrogens is 338 g/mol. The summed E-state index contributed by atoms with van der Waals surface area (Å²) in [5.74, 6) is 0.910. The fourth-order valence-electron chi connectivity index (χ4n) is 3.21. The van der Waals surface area contributed by atoms with E-state index in [-0.39, 0.29) is 5.75 Å². The van der Waals surface area contributed by atoms with E-state index in [4.69, 9.17) is 4.52 Å². The predicted molar refractivity (Wildman–Crippen MR) is 96.5 cm³/mol. The number of aromatic nitrogens is 1. The molecule has 1 aromatic heterocycles. The van der Waals surface area contributed by atoms with E-state index < -0.39 is 10.0 Å². The molecule has 2 aromatic rings. The summed E-state index contributed by atoms with van der Waals surface area (Å²) in [5, 5.41) is 4.00. The molecule has 7 heteroatoms. The van der Waals surface area contributed by atoms with Crippen LogP contribution in [0.3, 0.4) is 0 Å². The second-order valence-electron chi connectivity index (χ2n) is 6.57. The Morgan fingerprint density at radius 1 is 1.08 bits per heavy atom. The molecule has 0 unspecified atom stereocenters. The van der Waals surface area contributed by atoms with Crippen LogP contribution in [0.5, 0.6) is 0 Å². The minimum absolute atomic E-state index is 0.0672. The van der Waals surface area contributed by atoms with Crippen molar-refractivity contribution in [2.45, 2.75) is 32.6 Å². The monoisotopic (exact) mass is 363 g/mol. The Bertz CT molecular complexity index is 783. The maximum atomic E-state index is 12.7. The molecule has 0 radical (unpaired) electrons. The summed E-state index contributed by atoms with van der Waals surface area (Å²) in [4.78, 5) is 2.28. The normalized spacial score (nSPS) is 17.5. The van der Waals surface area contributed by atoms with Crippen molar-refractivity contribution >= 4 is 10.0 Å². The van der Waals surface area contributed by atoms with E-state index in [1.807, 2.05) is 44.2 Å². The highest BCUT2D eigenvalue weighted by atomic mass is 32.2. The molecule has 0 amide bonds. The minimum Gasteiger partial charge on any atom is -0.361 e. The average molecular weight is 363 g/mol. The zero-order chi connectivity index (χ0) is 17.9. The molecule has 0 bridgehead atoms. The first-order valence-corrected chi connectivity index (χ1v) is 10.2. The second kappa shape index (κ2) is 7.68. The molecule has 0 atom stereocenters. The maximum absolute atomic E-state index is 12.7. The van der Waals surface area contributed by atoms with Gasteiger partial charge in [0.25, 0.3) is 0 Å². The van der Waals surface area contributed by atoms with Crippen molar-refractivity contribution in [3.63, 3.8) is 0 Å². The van der Waals surface area contributed by atoms with Crippen molar-refractivity contribution in [2.75, 3.05) is 26.2 Å². The lowest BCUT2D eigenvalue weighted by molar-refractivity contribution is 0.276. The summed E-state index contributed by atoms with van der Waals surface area (Å²) in [5.41, 5.74) is 2.86. The molecule has 0 N–H and O–H groups in total. The largest absolute Gasteiger partial charge is 0.361 e. The van der Waals surface area contributed by atoms with Crippen molar-refractivity contribution in [3.05, 3.63) is 52.9 Å². The van der Waals surface area contributed by atoms with Gasteiger partial charge in [-0.3, -0.25) is 4.90 Å². The van der Waals surface area contributed by atoms with Crippen LogP contribution in [0.25, 0.3) is 0 Å². The third kappa shape index (κ3) is 4.48. The van der Waals surface area contributed by atoms with Gasteiger partial charge in [0.15, 0.2) is 0 Å². The summed E-state index contributed by atoms with van der Waals surface area (Å²) in [7, 11) is -3.29. The van der Waals surface area contributed by atoms with Crippen LogP contribution in [0, 0.1) is 13.8 Å². The summed E-state index contributed by atoms with van der Waals surface area (Å²) < 4.78 is 32.3. The van der Waals surface area contributed by atoms with Crippen LogP contribution in [-0.4, -0.2) is 49.0 Å². The Balaban J connectivity index is 1.63. The van der Waals surface area contributed by atoms with E-state index >= 15 is 0 Å². The molecule has 0 spiro atoms. The lowest BCUT2D eigenvalue weighted by Crippen LogP contribution is -2.35. The van der Waals surface area contributed by atoms with Crippen molar-refractivity contribution in [3.8, 4) is 0 Å².